The molecule has 0 aromatic rings. The van der Waals surface area contributed by atoms with Gasteiger partial charge in [0.15, 0.2) is 0 Å². The van der Waals surface area contributed by atoms with Gasteiger partial charge in [0.2, 0.25) is 5.91 Å². The first-order valence-corrected chi connectivity index (χ1v) is 5.53. The van der Waals surface area contributed by atoms with Crippen LogP contribution < -0.4 is 0 Å². The molecule has 4 nitrogen and oxygen atoms in total. The molecular formula is C11H19NO3. The molecule has 0 unspecified atom stereocenters. The van der Waals surface area contributed by atoms with Crippen LogP contribution in [-0.4, -0.2) is 35.5 Å². The molecule has 1 rings (SSSR count). The van der Waals surface area contributed by atoms with Gasteiger partial charge in [0, 0.05) is 13.6 Å². The summed E-state index contributed by atoms with van der Waals surface area (Å²) < 4.78 is 0. The number of aliphatic carboxylic acids is 1. The Morgan fingerprint density at radius 1 is 1.33 bits per heavy atom. The van der Waals surface area contributed by atoms with E-state index in [0.717, 1.165) is 19.3 Å². The largest absolute Gasteiger partial charge is 0.480 e. The number of carbonyl (C=O) groups is 2. The smallest absolute Gasteiger partial charge is 0.319 e. The number of hydrogen-bond acceptors (Lipinski definition) is 2. The van der Waals surface area contributed by atoms with Gasteiger partial charge in [-0.25, -0.2) is 0 Å². The number of rotatable bonds is 6. The molecule has 1 amide bonds. The van der Waals surface area contributed by atoms with Gasteiger partial charge in [-0.3, -0.25) is 9.59 Å². The Morgan fingerprint density at radius 2 is 1.93 bits per heavy atom. The van der Waals surface area contributed by atoms with Crippen molar-refractivity contribution in [1.29, 1.82) is 0 Å². The SMILES string of the molecule is CCCCCN(C)C(=O)C1(C(=O)O)CC1. The van der Waals surface area contributed by atoms with Gasteiger partial charge in [0.05, 0.1) is 0 Å². The number of carboxylic acid groups (broad SMARTS) is 1. The van der Waals surface area contributed by atoms with Crippen molar-refractivity contribution in [2.24, 2.45) is 5.41 Å². The highest BCUT2D eigenvalue weighted by molar-refractivity contribution is 6.04. The minimum Gasteiger partial charge on any atom is -0.480 e. The van der Waals surface area contributed by atoms with Crippen molar-refractivity contribution in [2.75, 3.05) is 13.6 Å². The quantitative estimate of drug-likeness (QED) is 0.537. The van der Waals surface area contributed by atoms with Crippen molar-refractivity contribution in [3.63, 3.8) is 0 Å². The summed E-state index contributed by atoms with van der Waals surface area (Å²) in [5, 5.41) is 8.95. The molecule has 0 heterocycles. The van der Waals surface area contributed by atoms with Crippen molar-refractivity contribution in [1.82, 2.24) is 4.90 Å². The summed E-state index contributed by atoms with van der Waals surface area (Å²) in [6, 6.07) is 0. The lowest BCUT2D eigenvalue weighted by Crippen LogP contribution is -2.38. The van der Waals surface area contributed by atoms with Gasteiger partial charge in [-0.2, -0.15) is 0 Å². The third-order valence-electron chi connectivity index (χ3n) is 3.01. The second-order valence-electron chi connectivity index (χ2n) is 4.32. The maximum absolute atomic E-state index is 11.8. The summed E-state index contributed by atoms with van der Waals surface area (Å²) in [5.74, 6) is -1.18. The summed E-state index contributed by atoms with van der Waals surface area (Å²) in [4.78, 5) is 24.3. The minimum atomic E-state index is -1.07. The lowest BCUT2D eigenvalue weighted by Gasteiger charge is -2.20. The summed E-state index contributed by atoms with van der Waals surface area (Å²) in [5.41, 5.74) is -1.07. The zero-order valence-corrected chi connectivity index (χ0v) is 9.45. The van der Waals surface area contributed by atoms with Crippen molar-refractivity contribution in [2.45, 2.75) is 39.0 Å². The van der Waals surface area contributed by atoms with E-state index in [-0.39, 0.29) is 5.91 Å². The Balaban J connectivity index is 2.43. The molecule has 0 spiro atoms. The Hall–Kier alpha value is -1.06. The van der Waals surface area contributed by atoms with Crippen LogP contribution in [-0.2, 0) is 9.59 Å². The molecule has 0 aromatic heterocycles. The van der Waals surface area contributed by atoms with Crippen LogP contribution in [0.3, 0.4) is 0 Å². The first-order chi connectivity index (χ1) is 7.04. The van der Waals surface area contributed by atoms with Gasteiger partial charge >= 0.3 is 5.97 Å². The monoisotopic (exact) mass is 213 g/mol. The van der Waals surface area contributed by atoms with E-state index >= 15 is 0 Å². The fourth-order valence-corrected chi connectivity index (χ4v) is 1.71. The molecule has 1 saturated carbocycles. The highest BCUT2D eigenvalue weighted by atomic mass is 16.4. The number of hydrogen-bond donors (Lipinski definition) is 1. The van der Waals surface area contributed by atoms with Crippen LogP contribution in [0.2, 0.25) is 0 Å². The molecular weight excluding hydrogens is 194 g/mol. The molecule has 1 aliphatic carbocycles. The van der Waals surface area contributed by atoms with Crippen LogP contribution in [0.25, 0.3) is 0 Å². The van der Waals surface area contributed by atoms with Crippen LogP contribution in [0.5, 0.6) is 0 Å². The number of nitrogens with zero attached hydrogens (tertiary/aromatic N) is 1. The Morgan fingerprint density at radius 3 is 2.33 bits per heavy atom. The summed E-state index contributed by atoms with van der Waals surface area (Å²) >= 11 is 0. The number of carbonyl (C=O) groups excluding carboxylic acids is 1. The first kappa shape index (κ1) is 12.0. The zero-order chi connectivity index (χ0) is 11.5. The van der Waals surface area contributed by atoms with Crippen LogP contribution in [0.15, 0.2) is 0 Å². The van der Waals surface area contributed by atoms with Gasteiger partial charge < -0.3 is 10.0 Å². The maximum atomic E-state index is 11.8. The lowest BCUT2D eigenvalue weighted by molar-refractivity contribution is -0.152. The van der Waals surface area contributed by atoms with E-state index in [1.54, 1.807) is 11.9 Å². The predicted octanol–water partition coefficient (Wildman–Crippen LogP) is 1.50. The molecule has 15 heavy (non-hydrogen) atoms. The number of amides is 1. The topological polar surface area (TPSA) is 57.6 Å². The zero-order valence-electron chi connectivity index (χ0n) is 9.45. The molecule has 0 aromatic carbocycles. The fraction of sp³-hybridized carbons (Fsp3) is 0.818. The van der Waals surface area contributed by atoms with E-state index in [1.807, 2.05) is 0 Å². The second kappa shape index (κ2) is 4.64. The normalized spacial score (nSPS) is 17.2. The van der Waals surface area contributed by atoms with E-state index in [2.05, 4.69) is 6.92 Å². The van der Waals surface area contributed by atoms with E-state index in [9.17, 15) is 9.59 Å². The summed E-state index contributed by atoms with van der Waals surface area (Å²) in [6.45, 7) is 2.77. The summed E-state index contributed by atoms with van der Waals surface area (Å²) in [7, 11) is 1.70. The number of carboxylic acids is 1. The van der Waals surface area contributed by atoms with Crippen molar-refractivity contribution >= 4 is 11.9 Å². The lowest BCUT2D eigenvalue weighted by atomic mass is 10.1. The predicted molar refractivity (Wildman–Crippen MR) is 56.5 cm³/mol. The molecule has 86 valence electrons. The van der Waals surface area contributed by atoms with Gasteiger partial charge in [-0.05, 0) is 19.3 Å². The standard InChI is InChI=1S/C11H19NO3/c1-3-4-5-8-12(2)9(13)11(6-7-11)10(14)15/h3-8H2,1-2H3,(H,14,15). The third-order valence-corrected chi connectivity index (χ3v) is 3.01. The molecule has 1 aliphatic rings. The Bertz CT molecular complexity index is 259. The van der Waals surface area contributed by atoms with Gasteiger partial charge in [0.25, 0.3) is 0 Å². The molecule has 0 bridgehead atoms. The van der Waals surface area contributed by atoms with E-state index in [4.69, 9.17) is 5.11 Å². The van der Waals surface area contributed by atoms with E-state index in [0.29, 0.717) is 19.4 Å². The van der Waals surface area contributed by atoms with Gasteiger partial charge in [0.1, 0.15) is 5.41 Å². The van der Waals surface area contributed by atoms with E-state index in [1.165, 1.54) is 0 Å². The highest BCUT2D eigenvalue weighted by Gasteiger charge is 2.58. The van der Waals surface area contributed by atoms with E-state index < -0.39 is 11.4 Å². The third kappa shape index (κ3) is 2.49. The minimum absolute atomic E-state index is 0.217. The van der Waals surface area contributed by atoms with Crippen LogP contribution >= 0.6 is 0 Å². The van der Waals surface area contributed by atoms with Crippen molar-refractivity contribution < 1.29 is 14.7 Å². The highest BCUT2D eigenvalue weighted by Crippen LogP contribution is 2.47. The van der Waals surface area contributed by atoms with Crippen molar-refractivity contribution in [3.05, 3.63) is 0 Å². The van der Waals surface area contributed by atoms with Gasteiger partial charge in [-0.15, -0.1) is 0 Å². The molecule has 1 N–H and O–H groups in total. The average Bonchev–Trinajstić information content (AvgIpc) is 2.97. The van der Waals surface area contributed by atoms with Crippen LogP contribution in [0.1, 0.15) is 39.0 Å². The molecule has 1 fully saturated rings. The Labute approximate surface area is 90.3 Å². The second-order valence-corrected chi connectivity index (χ2v) is 4.32. The summed E-state index contributed by atoms with van der Waals surface area (Å²) in [6.07, 6.45) is 4.14. The van der Waals surface area contributed by atoms with Crippen LogP contribution in [0, 0.1) is 5.41 Å². The van der Waals surface area contributed by atoms with Crippen LogP contribution in [0.4, 0.5) is 0 Å². The maximum Gasteiger partial charge on any atom is 0.319 e. The fourth-order valence-electron chi connectivity index (χ4n) is 1.71. The number of unbranched alkanes of at least 4 members (excludes halogenated alkanes) is 2. The van der Waals surface area contributed by atoms with Gasteiger partial charge in [-0.1, -0.05) is 19.8 Å². The first-order valence-electron chi connectivity index (χ1n) is 5.53. The van der Waals surface area contributed by atoms with Crippen molar-refractivity contribution in [3.8, 4) is 0 Å². The molecule has 0 aliphatic heterocycles. The molecule has 4 heteroatoms. The Kier molecular flexibility index (Phi) is 3.72. The molecule has 0 radical (unpaired) electrons. The molecule has 0 atom stereocenters. The molecule has 0 saturated heterocycles. The average molecular weight is 213 g/mol.